The van der Waals surface area contributed by atoms with Crippen LogP contribution in [-0.4, -0.2) is 49.1 Å². The molecular formula is C18H22N2O5. The molecule has 0 saturated carbocycles. The number of carbonyl (C=O) groups is 2. The standard InChI is InChI=1S/C18H22N2O5/c1-13-7-4-5-8-14(13)17(21)20(9-6-10-23-2)11-16-19-15(12-25-16)18(22)24-3/h4-5,7-8,12H,6,9-11H2,1-3H3. The molecule has 0 radical (unpaired) electrons. The molecule has 0 spiro atoms. The average Bonchev–Trinajstić information content (AvgIpc) is 3.09. The maximum atomic E-state index is 12.9. The van der Waals surface area contributed by atoms with Crippen LogP contribution in [0, 0.1) is 6.92 Å². The van der Waals surface area contributed by atoms with E-state index in [1.807, 2.05) is 25.1 Å². The molecule has 0 aliphatic heterocycles. The Morgan fingerprint density at radius 1 is 1.24 bits per heavy atom. The number of ether oxygens (including phenoxy) is 2. The van der Waals surface area contributed by atoms with Gasteiger partial charge >= 0.3 is 5.97 Å². The molecule has 7 nitrogen and oxygen atoms in total. The molecule has 0 aliphatic carbocycles. The second-order valence-electron chi connectivity index (χ2n) is 5.51. The fourth-order valence-electron chi connectivity index (χ4n) is 2.38. The highest BCUT2D eigenvalue weighted by atomic mass is 16.5. The van der Waals surface area contributed by atoms with E-state index in [-0.39, 0.29) is 24.0 Å². The lowest BCUT2D eigenvalue weighted by Crippen LogP contribution is -2.32. The van der Waals surface area contributed by atoms with Gasteiger partial charge in [0.15, 0.2) is 5.69 Å². The summed E-state index contributed by atoms with van der Waals surface area (Å²) in [6.45, 7) is 3.07. The van der Waals surface area contributed by atoms with Crippen molar-refractivity contribution in [1.29, 1.82) is 0 Å². The molecule has 0 bridgehead atoms. The van der Waals surface area contributed by atoms with Gasteiger partial charge in [0.2, 0.25) is 5.89 Å². The Labute approximate surface area is 146 Å². The van der Waals surface area contributed by atoms with Crippen molar-refractivity contribution in [3.05, 3.63) is 53.2 Å². The first-order valence-electron chi connectivity index (χ1n) is 7.93. The zero-order valence-corrected chi connectivity index (χ0v) is 14.7. The second kappa shape index (κ2) is 8.98. The largest absolute Gasteiger partial charge is 0.464 e. The quantitative estimate of drug-likeness (QED) is 0.539. The second-order valence-corrected chi connectivity index (χ2v) is 5.51. The molecular weight excluding hydrogens is 324 g/mol. The molecule has 1 amide bonds. The third kappa shape index (κ3) is 4.90. The minimum absolute atomic E-state index is 0.0812. The summed E-state index contributed by atoms with van der Waals surface area (Å²) in [6.07, 6.45) is 1.91. The third-order valence-corrected chi connectivity index (χ3v) is 3.71. The van der Waals surface area contributed by atoms with E-state index in [0.717, 1.165) is 5.56 Å². The first-order chi connectivity index (χ1) is 12.1. The van der Waals surface area contributed by atoms with Crippen LogP contribution in [0.25, 0.3) is 0 Å². The lowest BCUT2D eigenvalue weighted by atomic mass is 10.1. The number of methoxy groups -OCH3 is 2. The Balaban J connectivity index is 2.17. The highest BCUT2D eigenvalue weighted by Gasteiger charge is 2.21. The number of hydrogen-bond acceptors (Lipinski definition) is 6. The molecule has 0 N–H and O–H groups in total. The number of aryl methyl sites for hydroxylation is 1. The van der Waals surface area contributed by atoms with E-state index in [4.69, 9.17) is 9.15 Å². The van der Waals surface area contributed by atoms with Gasteiger partial charge in [-0.3, -0.25) is 4.79 Å². The van der Waals surface area contributed by atoms with E-state index < -0.39 is 5.97 Å². The van der Waals surface area contributed by atoms with Crippen molar-refractivity contribution in [3.8, 4) is 0 Å². The Morgan fingerprint density at radius 3 is 2.68 bits per heavy atom. The van der Waals surface area contributed by atoms with Crippen LogP contribution >= 0.6 is 0 Å². The third-order valence-electron chi connectivity index (χ3n) is 3.71. The monoisotopic (exact) mass is 346 g/mol. The Bertz CT molecular complexity index is 726. The van der Waals surface area contributed by atoms with Gasteiger partial charge in [0.1, 0.15) is 6.26 Å². The summed E-state index contributed by atoms with van der Waals surface area (Å²) in [6, 6.07) is 7.39. The molecule has 134 valence electrons. The molecule has 1 aromatic heterocycles. The van der Waals surface area contributed by atoms with Gasteiger partial charge in [-0.2, -0.15) is 0 Å². The average molecular weight is 346 g/mol. The van der Waals surface area contributed by atoms with Gasteiger partial charge in [0, 0.05) is 25.8 Å². The molecule has 2 rings (SSSR count). The lowest BCUT2D eigenvalue weighted by molar-refractivity contribution is 0.0594. The van der Waals surface area contributed by atoms with Crippen molar-refractivity contribution < 1.29 is 23.5 Å². The zero-order chi connectivity index (χ0) is 18.2. The van der Waals surface area contributed by atoms with Gasteiger partial charge < -0.3 is 18.8 Å². The van der Waals surface area contributed by atoms with Crippen LogP contribution < -0.4 is 0 Å². The van der Waals surface area contributed by atoms with Crippen LogP contribution in [0.5, 0.6) is 0 Å². The first kappa shape index (κ1) is 18.7. The molecule has 25 heavy (non-hydrogen) atoms. The highest BCUT2D eigenvalue weighted by Crippen LogP contribution is 2.14. The number of amides is 1. The van der Waals surface area contributed by atoms with E-state index in [1.165, 1.54) is 13.4 Å². The van der Waals surface area contributed by atoms with Gasteiger partial charge in [-0.25, -0.2) is 9.78 Å². The molecule has 1 heterocycles. The summed E-state index contributed by atoms with van der Waals surface area (Å²) in [7, 11) is 2.89. The predicted molar refractivity (Wildman–Crippen MR) is 90.3 cm³/mol. The van der Waals surface area contributed by atoms with E-state index >= 15 is 0 Å². The van der Waals surface area contributed by atoms with Crippen LogP contribution in [0.2, 0.25) is 0 Å². The zero-order valence-electron chi connectivity index (χ0n) is 14.7. The van der Waals surface area contributed by atoms with Crippen LogP contribution in [0.4, 0.5) is 0 Å². The SMILES string of the molecule is COCCCN(Cc1nc(C(=O)OC)co1)C(=O)c1ccccc1C. The maximum absolute atomic E-state index is 12.9. The van der Waals surface area contributed by atoms with Crippen LogP contribution in [-0.2, 0) is 16.0 Å². The summed E-state index contributed by atoms with van der Waals surface area (Å²) >= 11 is 0. The van der Waals surface area contributed by atoms with Crippen LogP contribution in [0.15, 0.2) is 34.9 Å². The van der Waals surface area contributed by atoms with E-state index in [2.05, 4.69) is 9.72 Å². The van der Waals surface area contributed by atoms with Crippen molar-refractivity contribution >= 4 is 11.9 Å². The number of benzene rings is 1. The number of rotatable bonds is 8. The van der Waals surface area contributed by atoms with Crippen molar-refractivity contribution in [1.82, 2.24) is 9.88 Å². The van der Waals surface area contributed by atoms with Gasteiger partial charge in [0.25, 0.3) is 5.91 Å². The Kier molecular flexibility index (Phi) is 6.71. The van der Waals surface area contributed by atoms with Gasteiger partial charge in [-0.15, -0.1) is 0 Å². The number of aromatic nitrogens is 1. The highest BCUT2D eigenvalue weighted by molar-refractivity contribution is 5.95. The van der Waals surface area contributed by atoms with Crippen LogP contribution in [0.1, 0.15) is 38.7 Å². The summed E-state index contributed by atoms with van der Waals surface area (Å²) in [5.41, 5.74) is 1.60. The van der Waals surface area contributed by atoms with Crippen molar-refractivity contribution in [2.45, 2.75) is 19.9 Å². The Hall–Kier alpha value is -2.67. The molecule has 0 atom stereocenters. The molecule has 2 aromatic rings. The van der Waals surface area contributed by atoms with E-state index in [9.17, 15) is 9.59 Å². The molecule has 0 saturated heterocycles. The van der Waals surface area contributed by atoms with Crippen molar-refractivity contribution in [3.63, 3.8) is 0 Å². The molecule has 7 heteroatoms. The fraction of sp³-hybridized carbons (Fsp3) is 0.389. The van der Waals surface area contributed by atoms with Crippen molar-refractivity contribution in [2.24, 2.45) is 0 Å². The number of hydrogen-bond donors (Lipinski definition) is 0. The molecule has 0 fully saturated rings. The number of oxazole rings is 1. The van der Waals surface area contributed by atoms with Gasteiger partial charge in [0.05, 0.1) is 13.7 Å². The summed E-state index contributed by atoms with van der Waals surface area (Å²) in [5.74, 6) is -0.419. The lowest BCUT2D eigenvalue weighted by Gasteiger charge is -2.22. The molecule has 0 unspecified atom stereocenters. The number of esters is 1. The summed E-state index contributed by atoms with van der Waals surface area (Å²) in [5, 5.41) is 0. The van der Waals surface area contributed by atoms with Crippen molar-refractivity contribution in [2.75, 3.05) is 27.4 Å². The summed E-state index contributed by atoms with van der Waals surface area (Å²) in [4.78, 5) is 30.1. The van der Waals surface area contributed by atoms with Crippen LogP contribution in [0.3, 0.4) is 0 Å². The Morgan fingerprint density at radius 2 is 2.00 bits per heavy atom. The smallest absolute Gasteiger partial charge is 0.360 e. The predicted octanol–water partition coefficient (Wildman–Crippen LogP) is 2.45. The fourth-order valence-corrected chi connectivity index (χ4v) is 2.38. The van der Waals surface area contributed by atoms with E-state index in [0.29, 0.717) is 25.1 Å². The number of carbonyl (C=O) groups excluding carboxylic acids is 2. The van der Waals surface area contributed by atoms with Gasteiger partial charge in [-0.05, 0) is 25.0 Å². The van der Waals surface area contributed by atoms with E-state index in [1.54, 1.807) is 18.1 Å². The molecule has 0 aliphatic rings. The summed E-state index contributed by atoms with van der Waals surface area (Å²) < 4.78 is 15.0. The minimum atomic E-state index is -0.578. The molecule has 1 aromatic carbocycles. The first-order valence-corrected chi connectivity index (χ1v) is 7.93. The number of nitrogens with zero attached hydrogens (tertiary/aromatic N) is 2. The normalized spacial score (nSPS) is 10.5. The maximum Gasteiger partial charge on any atom is 0.360 e. The van der Waals surface area contributed by atoms with Gasteiger partial charge in [-0.1, -0.05) is 18.2 Å². The minimum Gasteiger partial charge on any atom is -0.464 e. The topological polar surface area (TPSA) is 81.9 Å².